The molecule has 0 saturated heterocycles. The van der Waals surface area contributed by atoms with Crippen LogP contribution < -0.4 is 5.32 Å². The van der Waals surface area contributed by atoms with Crippen molar-refractivity contribution in [1.82, 2.24) is 19.5 Å². The summed E-state index contributed by atoms with van der Waals surface area (Å²) in [6.07, 6.45) is 10.3. The van der Waals surface area contributed by atoms with E-state index in [1.54, 1.807) is 24.7 Å². The van der Waals surface area contributed by atoms with E-state index < -0.39 is 11.6 Å². The number of anilines is 2. The van der Waals surface area contributed by atoms with Gasteiger partial charge < -0.3 is 20.1 Å². The molecule has 2 aromatic heterocycles. The molecule has 6 rings (SSSR count). The topological polar surface area (TPSA) is 113 Å². The van der Waals surface area contributed by atoms with Crippen molar-refractivity contribution in [3.63, 3.8) is 0 Å². The van der Waals surface area contributed by atoms with Gasteiger partial charge in [0.2, 0.25) is 5.95 Å². The molecule has 0 bridgehead atoms. The number of hydrogen-bond acceptors (Lipinski definition) is 6. The molecule has 3 N–H and O–H groups in total. The van der Waals surface area contributed by atoms with Crippen molar-refractivity contribution in [2.24, 2.45) is 0 Å². The lowest BCUT2D eigenvalue weighted by atomic mass is 9.74. The van der Waals surface area contributed by atoms with Crippen LogP contribution in [0, 0.1) is 6.92 Å². The number of aromatic carboxylic acids is 1. The van der Waals surface area contributed by atoms with Crippen LogP contribution in [0.3, 0.4) is 0 Å². The molecule has 194 valence electrons. The highest BCUT2D eigenvalue weighted by Gasteiger charge is 2.38. The van der Waals surface area contributed by atoms with E-state index >= 15 is 0 Å². The van der Waals surface area contributed by atoms with Gasteiger partial charge in [0.15, 0.2) is 0 Å². The van der Waals surface area contributed by atoms with E-state index in [1.165, 1.54) is 12.8 Å². The van der Waals surface area contributed by atoms with E-state index in [4.69, 9.17) is 0 Å². The van der Waals surface area contributed by atoms with Gasteiger partial charge in [-0.2, -0.15) is 0 Å². The second-order valence-corrected chi connectivity index (χ2v) is 10.6. The molecule has 0 unspecified atom stereocenters. The SMILES string of the molecule is Cc1cc(Nc2nccc(C3CC3)n2)cc(-n2cnc(C3(O)CCC(c4ccccc4C(=O)O)CC3)c2)c1. The van der Waals surface area contributed by atoms with Gasteiger partial charge in [-0.15, -0.1) is 0 Å². The molecule has 2 fully saturated rings. The Morgan fingerprint density at radius 1 is 1.03 bits per heavy atom. The summed E-state index contributed by atoms with van der Waals surface area (Å²) in [5.74, 6) is 0.349. The van der Waals surface area contributed by atoms with Crippen LogP contribution in [0.2, 0.25) is 0 Å². The smallest absolute Gasteiger partial charge is 0.335 e. The number of nitrogens with zero attached hydrogens (tertiary/aromatic N) is 4. The lowest BCUT2D eigenvalue weighted by molar-refractivity contribution is -0.00932. The molecule has 2 aliphatic rings. The lowest BCUT2D eigenvalue weighted by Gasteiger charge is -2.35. The average molecular weight is 510 g/mol. The molecular formula is C30H31N5O3. The van der Waals surface area contributed by atoms with Gasteiger partial charge in [-0.25, -0.2) is 19.7 Å². The highest BCUT2D eigenvalue weighted by molar-refractivity contribution is 5.89. The Morgan fingerprint density at radius 3 is 2.58 bits per heavy atom. The maximum Gasteiger partial charge on any atom is 0.335 e. The molecule has 2 heterocycles. The number of imidazole rings is 1. The van der Waals surface area contributed by atoms with E-state index in [2.05, 4.69) is 32.4 Å². The predicted octanol–water partition coefficient (Wildman–Crippen LogP) is 5.84. The number of carboxylic acid groups (broad SMARTS) is 1. The Kier molecular flexibility index (Phi) is 6.19. The van der Waals surface area contributed by atoms with Crippen LogP contribution in [0.25, 0.3) is 5.69 Å². The molecule has 0 atom stereocenters. The molecule has 0 spiro atoms. The molecule has 2 aliphatic carbocycles. The van der Waals surface area contributed by atoms with Gasteiger partial charge >= 0.3 is 5.97 Å². The summed E-state index contributed by atoms with van der Waals surface area (Å²) in [4.78, 5) is 25.3. The third-order valence-electron chi connectivity index (χ3n) is 7.79. The molecule has 4 aromatic rings. The van der Waals surface area contributed by atoms with Gasteiger partial charge in [0.05, 0.1) is 17.6 Å². The Morgan fingerprint density at radius 2 is 1.82 bits per heavy atom. The second kappa shape index (κ2) is 9.68. The first kappa shape index (κ1) is 24.3. The first-order valence-corrected chi connectivity index (χ1v) is 13.2. The fraction of sp³-hybridized carbons (Fsp3) is 0.333. The van der Waals surface area contributed by atoms with Gasteiger partial charge in [-0.05, 0) is 92.8 Å². The highest BCUT2D eigenvalue weighted by atomic mass is 16.4. The number of aromatic nitrogens is 4. The van der Waals surface area contributed by atoms with Crippen molar-refractivity contribution in [2.75, 3.05) is 5.32 Å². The first-order valence-electron chi connectivity index (χ1n) is 13.2. The van der Waals surface area contributed by atoms with Crippen molar-refractivity contribution >= 4 is 17.6 Å². The summed E-state index contributed by atoms with van der Waals surface area (Å²) in [5, 5.41) is 24.4. The summed E-state index contributed by atoms with van der Waals surface area (Å²) in [6, 6.07) is 15.3. The minimum absolute atomic E-state index is 0.107. The number of rotatable bonds is 7. The summed E-state index contributed by atoms with van der Waals surface area (Å²) in [7, 11) is 0. The zero-order valence-corrected chi connectivity index (χ0v) is 21.3. The lowest BCUT2D eigenvalue weighted by Crippen LogP contribution is -2.31. The number of aryl methyl sites for hydroxylation is 1. The number of nitrogens with one attached hydrogen (secondary N) is 1. The summed E-state index contributed by atoms with van der Waals surface area (Å²) in [5.41, 5.74) is 4.77. The van der Waals surface area contributed by atoms with E-state index in [9.17, 15) is 15.0 Å². The molecule has 0 aliphatic heterocycles. The number of benzene rings is 2. The monoisotopic (exact) mass is 509 g/mol. The highest BCUT2D eigenvalue weighted by Crippen LogP contribution is 2.44. The van der Waals surface area contributed by atoms with Gasteiger partial charge in [-0.1, -0.05) is 18.2 Å². The van der Waals surface area contributed by atoms with Crippen molar-refractivity contribution in [2.45, 2.75) is 62.9 Å². The quantitative estimate of drug-likeness (QED) is 0.287. The van der Waals surface area contributed by atoms with Crippen LogP contribution in [0.5, 0.6) is 0 Å². The third-order valence-corrected chi connectivity index (χ3v) is 7.79. The predicted molar refractivity (Wildman–Crippen MR) is 144 cm³/mol. The molecule has 0 radical (unpaired) electrons. The Bertz CT molecular complexity index is 1480. The fourth-order valence-corrected chi connectivity index (χ4v) is 5.57. The minimum atomic E-state index is -1.04. The normalized spacial score (nSPS) is 21.3. The number of carbonyl (C=O) groups is 1. The molecule has 0 amide bonds. The molecule has 2 saturated carbocycles. The number of carboxylic acids is 1. The summed E-state index contributed by atoms with van der Waals surface area (Å²) in [6.45, 7) is 2.04. The summed E-state index contributed by atoms with van der Waals surface area (Å²) < 4.78 is 1.93. The molecular weight excluding hydrogens is 478 g/mol. The van der Waals surface area contributed by atoms with Crippen molar-refractivity contribution in [3.05, 3.63) is 95.3 Å². The molecule has 8 heteroatoms. The second-order valence-electron chi connectivity index (χ2n) is 10.6. The Labute approximate surface area is 221 Å². The molecule has 38 heavy (non-hydrogen) atoms. The van der Waals surface area contributed by atoms with Gasteiger partial charge in [0.1, 0.15) is 5.60 Å². The third kappa shape index (κ3) is 4.91. The van der Waals surface area contributed by atoms with Crippen molar-refractivity contribution < 1.29 is 15.0 Å². The van der Waals surface area contributed by atoms with Crippen LogP contribution in [0.15, 0.2) is 67.3 Å². The standard InChI is InChI=1S/C30H31N5O3/c1-19-14-22(33-29-31-13-10-26(34-29)21-6-7-21)16-23(15-19)35-17-27(32-18-35)30(38)11-8-20(9-12-30)24-4-2-3-5-25(24)28(36)37/h2-5,10,13-18,20-21,38H,6-9,11-12H2,1H3,(H,36,37)(H,31,33,34). The van der Waals surface area contributed by atoms with Crippen LogP contribution >= 0.6 is 0 Å². The minimum Gasteiger partial charge on any atom is -0.478 e. The Balaban J connectivity index is 1.19. The van der Waals surface area contributed by atoms with Crippen LogP contribution in [-0.4, -0.2) is 35.7 Å². The van der Waals surface area contributed by atoms with Crippen LogP contribution in [-0.2, 0) is 5.60 Å². The first-order chi connectivity index (χ1) is 18.4. The summed E-state index contributed by atoms with van der Waals surface area (Å²) >= 11 is 0. The van der Waals surface area contributed by atoms with Crippen LogP contribution in [0.4, 0.5) is 11.6 Å². The van der Waals surface area contributed by atoms with Crippen molar-refractivity contribution in [1.29, 1.82) is 0 Å². The van der Waals surface area contributed by atoms with Gasteiger partial charge in [0.25, 0.3) is 0 Å². The van der Waals surface area contributed by atoms with E-state index in [-0.39, 0.29) is 5.92 Å². The maximum absolute atomic E-state index is 11.7. The fourth-order valence-electron chi connectivity index (χ4n) is 5.57. The van der Waals surface area contributed by atoms with Crippen LogP contribution in [0.1, 0.15) is 83.2 Å². The van der Waals surface area contributed by atoms with E-state index in [0.29, 0.717) is 48.8 Å². The number of hydrogen-bond donors (Lipinski definition) is 3. The Hall–Kier alpha value is -4.04. The molecule has 8 nitrogen and oxygen atoms in total. The van der Waals surface area contributed by atoms with Gasteiger partial charge in [-0.3, -0.25) is 0 Å². The van der Waals surface area contributed by atoms with E-state index in [0.717, 1.165) is 28.2 Å². The average Bonchev–Trinajstić information content (AvgIpc) is 3.64. The largest absolute Gasteiger partial charge is 0.478 e. The zero-order chi connectivity index (χ0) is 26.3. The van der Waals surface area contributed by atoms with Crippen molar-refractivity contribution in [3.8, 4) is 5.69 Å². The zero-order valence-electron chi connectivity index (χ0n) is 21.3. The van der Waals surface area contributed by atoms with E-state index in [1.807, 2.05) is 42.0 Å². The number of aliphatic hydroxyl groups is 1. The molecule has 2 aromatic carbocycles. The van der Waals surface area contributed by atoms with Gasteiger partial charge in [0, 0.05) is 35.4 Å². The maximum atomic E-state index is 11.7.